The Morgan fingerprint density at radius 3 is 2.56 bits per heavy atom. The molecule has 182 valence electrons. The van der Waals surface area contributed by atoms with Crippen LogP contribution in [0.4, 0.5) is 0 Å². The highest BCUT2D eigenvalue weighted by Gasteiger charge is 2.22. The first-order chi connectivity index (χ1) is 16.5. The van der Waals surface area contributed by atoms with Crippen LogP contribution in [0, 0.1) is 0 Å². The van der Waals surface area contributed by atoms with Crippen molar-refractivity contribution >= 4 is 29.5 Å². The summed E-state index contributed by atoms with van der Waals surface area (Å²) in [6.07, 6.45) is 5.46. The minimum atomic E-state index is -0.0519. The van der Waals surface area contributed by atoms with Gasteiger partial charge in [-0.3, -0.25) is 14.5 Å². The lowest BCUT2D eigenvalue weighted by atomic mass is 10.1. The van der Waals surface area contributed by atoms with E-state index in [9.17, 15) is 9.59 Å². The van der Waals surface area contributed by atoms with Crippen molar-refractivity contribution in [3.05, 3.63) is 70.8 Å². The molecule has 2 amide bonds. The van der Waals surface area contributed by atoms with Crippen molar-refractivity contribution < 1.29 is 14.3 Å². The van der Waals surface area contributed by atoms with Crippen molar-refractivity contribution in [2.75, 3.05) is 52.9 Å². The topological polar surface area (TPSA) is 53.1 Å². The van der Waals surface area contributed by atoms with Gasteiger partial charge in [0.15, 0.2) is 0 Å². The van der Waals surface area contributed by atoms with Gasteiger partial charge in [-0.15, -0.1) is 0 Å². The Labute approximate surface area is 207 Å². The lowest BCUT2D eigenvalue weighted by molar-refractivity contribution is -0.132. The predicted octanol–water partition coefficient (Wildman–Crippen LogP) is 4.45. The number of para-hydroxylation sites is 1. The first kappa shape index (κ1) is 25.8. The number of amides is 2. The van der Waals surface area contributed by atoms with E-state index in [2.05, 4.69) is 4.90 Å². The molecule has 0 saturated carbocycles. The van der Waals surface area contributed by atoms with Crippen LogP contribution in [0.3, 0.4) is 0 Å². The number of nitrogens with zero attached hydrogens (tertiary/aromatic N) is 3. The van der Waals surface area contributed by atoms with E-state index in [-0.39, 0.29) is 11.8 Å². The molecule has 34 heavy (non-hydrogen) atoms. The number of hydrogen-bond donors (Lipinski definition) is 0. The largest absolute Gasteiger partial charge is 0.496 e. The van der Waals surface area contributed by atoms with Crippen LogP contribution in [-0.2, 0) is 4.79 Å². The summed E-state index contributed by atoms with van der Waals surface area (Å²) in [5.41, 5.74) is 1.54. The Morgan fingerprint density at radius 1 is 1.09 bits per heavy atom. The highest BCUT2D eigenvalue weighted by atomic mass is 35.5. The summed E-state index contributed by atoms with van der Waals surface area (Å²) in [4.78, 5) is 31.5. The van der Waals surface area contributed by atoms with Crippen LogP contribution in [-0.4, -0.2) is 79.4 Å². The van der Waals surface area contributed by atoms with Crippen molar-refractivity contribution in [1.82, 2.24) is 14.7 Å². The van der Waals surface area contributed by atoms with Crippen LogP contribution >= 0.6 is 11.6 Å². The Hall–Kier alpha value is -2.83. The molecule has 0 spiro atoms. The number of ether oxygens (including phenoxy) is 1. The summed E-state index contributed by atoms with van der Waals surface area (Å²) < 4.78 is 5.42. The molecule has 0 bridgehead atoms. The average Bonchev–Trinajstić information content (AvgIpc) is 2.86. The second-order valence-electron chi connectivity index (χ2n) is 8.38. The van der Waals surface area contributed by atoms with E-state index < -0.39 is 0 Å². The Balaban J connectivity index is 1.64. The summed E-state index contributed by atoms with van der Waals surface area (Å²) in [5.74, 6) is 0.979. The third kappa shape index (κ3) is 7.34. The molecule has 0 radical (unpaired) electrons. The van der Waals surface area contributed by atoms with Gasteiger partial charge in [0.25, 0.3) is 5.91 Å². The molecule has 0 atom stereocenters. The summed E-state index contributed by atoms with van der Waals surface area (Å²) in [5, 5.41) is 0.545. The van der Waals surface area contributed by atoms with Gasteiger partial charge in [0.1, 0.15) is 5.75 Å². The number of piperazine rings is 1. The molecule has 1 aliphatic heterocycles. The van der Waals surface area contributed by atoms with Gasteiger partial charge in [0.2, 0.25) is 5.91 Å². The summed E-state index contributed by atoms with van der Waals surface area (Å²) in [7, 11) is 1.65. The molecule has 0 N–H and O–H groups in total. The quantitative estimate of drug-likeness (QED) is 0.501. The Kier molecular flexibility index (Phi) is 9.98. The molecular formula is C27H34ClN3O3. The normalized spacial score (nSPS) is 14.4. The zero-order valence-electron chi connectivity index (χ0n) is 20.1. The zero-order valence-corrected chi connectivity index (χ0v) is 20.8. The fourth-order valence-electron chi connectivity index (χ4n) is 4.05. The maximum Gasteiger partial charge on any atom is 0.254 e. The van der Waals surface area contributed by atoms with Gasteiger partial charge in [-0.05, 0) is 30.7 Å². The molecule has 1 aliphatic rings. The van der Waals surface area contributed by atoms with Crippen LogP contribution < -0.4 is 4.74 Å². The van der Waals surface area contributed by atoms with E-state index in [1.165, 1.54) is 0 Å². The van der Waals surface area contributed by atoms with Gasteiger partial charge in [0.05, 0.1) is 7.11 Å². The molecular weight excluding hydrogens is 450 g/mol. The smallest absolute Gasteiger partial charge is 0.254 e. The lowest BCUT2D eigenvalue weighted by Crippen LogP contribution is -2.50. The minimum absolute atomic E-state index is 0.0519. The number of halogens is 1. The second kappa shape index (κ2) is 13.2. The van der Waals surface area contributed by atoms with Gasteiger partial charge in [-0.2, -0.15) is 0 Å². The summed E-state index contributed by atoms with van der Waals surface area (Å²) in [6.45, 7) is 6.98. The van der Waals surface area contributed by atoms with Gasteiger partial charge in [0, 0.05) is 68.4 Å². The van der Waals surface area contributed by atoms with E-state index in [0.29, 0.717) is 30.1 Å². The molecule has 3 rings (SSSR count). The number of benzene rings is 2. The predicted molar refractivity (Wildman–Crippen MR) is 137 cm³/mol. The van der Waals surface area contributed by atoms with Crippen molar-refractivity contribution in [3.63, 3.8) is 0 Å². The number of rotatable bonds is 10. The molecule has 0 aliphatic carbocycles. The molecule has 1 heterocycles. The fraction of sp³-hybridized carbons (Fsp3) is 0.407. The van der Waals surface area contributed by atoms with Crippen LogP contribution in [0.5, 0.6) is 5.75 Å². The highest BCUT2D eigenvalue weighted by molar-refractivity contribution is 6.30. The molecule has 6 nitrogen and oxygen atoms in total. The fourth-order valence-corrected chi connectivity index (χ4v) is 4.24. The Bertz CT molecular complexity index is 987. The molecule has 0 aromatic heterocycles. The number of carbonyl (C=O) groups is 2. The summed E-state index contributed by atoms with van der Waals surface area (Å²) >= 11 is 6.13. The third-order valence-electron chi connectivity index (χ3n) is 6.00. The molecule has 7 heteroatoms. The van der Waals surface area contributed by atoms with Crippen molar-refractivity contribution in [3.8, 4) is 5.75 Å². The highest BCUT2D eigenvalue weighted by Crippen LogP contribution is 2.19. The first-order valence-electron chi connectivity index (χ1n) is 11.9. The SMILES string of the molecule is CCCC(=O)N1CCN(CCN(C/C=C/c2ccccc2OC)C(=O)c2cccc(Cl)c2)CC1. The molecule has 2 aromatic rings. The van der Waals surface area contributed by atoms with Gasteiger partial charge in [-0.25, -0.2) is 0 Å². The summed E-state index contributed by atoms with van der Waals surface area (Å²) in [6, 6.07) is 14.9. The van der Waals surface area contributed by atoms with Gasteiger partial charge in [-0.1, -0.05) is 54.9 Å². The van der Waals surface area contributed by atoms with E-state index in [4.69, 9.17) is 16.3 Å². The molecule has 2 aromatic carbocycles. The van der Waals surface area contributed by atoms with E-state index >= 15 is 0 Å². The number of carbonyl (C=O) groups excluding carboxylic acids is 2. The first-order valence-corrected chi connectivity index (χ1v) is 12.2. The third-order valence-corrected chi connectivity index (χ3v) is 6.23. The van der Waals surface area contributed by atoms with Crippen molar-refractivity contribution in [2.24, 2.45) is 0 Å². The molecule has 0 unspecified atom stereocenters. The van der Waals surface area contributed by atoms with Crippen molar-refractivity contribution in [2.45, 2.75) is 19.8 Å². The maximum absolute atomic E-state index is 13.3. The van der Waals surface area contributed by atoms with Crippen molar-refractivity contribution in [1.29, 1.82) is 0 Å². The molecule has 1 fully saturated rings. The standard InChI is InChI=1S/C27H34ClN3O3/c1-3-8-26(32)30-18-15-29(16-19-30)17-20-31(27(33)23-10-6-12-24(28)21-23)14-7-11-22-9-4-5-13-25(22)34-2/h4-7,9-13,21H,3,8,14-20H2,1-2H3/b11-7+. The van der Waals surface area contributed by atoms with Gasteiger partial charge < -0.3 is 14.5 Å². The van der Waals surface area contributed by atoms with E-state index in [1.807, 2.05) is 53.1 Å². The maximum atomic E-state index is 13.3. The Morgan fingerprint density at radius 2 is 1.85 bits per heavy atom. The van der Waals surface area contributed by atoms with Gasteiger partial charge >= 0.3 is 0 Å². The van der Waals surface area contributed by atoms with Crippen LogP contribution in [0.1, 0.15) is 35.7 Å². The minimum Gasteiger partial charge on any atom is -0.496 e. The monoisotopic (exact) mass is 483 g/mol. The van der Waals surface area contributed by atoms with Crippen LogP contribution in [0.25, 0.3) is 6.08 Å². The lowest BCUT2D eigenvalue weighted by Gasteiger charge is -2.35. The molecule has 1 saturated heterocycles. The number of hydrogen-bond acceptors (Lipinski definition) is 4. The van der Waals surface area contributed by atoms with Crippen LogP contribution in [0.15, 0.2) is 54.6 Å². The zero-order chi connectivity index (χ0) is 24.3. The van der Waals surface area contributed by atoms with E-state index in [1.54, 1.807) is 31.4 Å². The average molecular weight is 484 g/mol. The number of methoxy groups -OCH3 is 1. The van der Waals surface area contributed by atoms with E-state index in [0.717, 1.165) is 50.5 Å². The second-order valence-corrected chi connectivity index (χ2v) is 8.81. The van der Waals surface area contributed by atoms with Crippen LogP contribution in [0.2, 0.25) is 5.02 Å².